The molecule has 0 saturated carbocycles. The van der Waals surface area contributed by atoms with Crippen LogP contribution in [0.4, 0.5) is 5.69 Å². The molecule has 6 nitrogen and oxygen atoms in total. The number of aromatic nitrogens is 1. The van der Waals surface area contributed by atoms with Crippen LogP contribution in [0.25, 0.3) is 0 Å². The standard InChI is InChI=1S/C15H17N3O3/c1-9-6-10(2)15(7-14(9)18(19)20)21-12-4-5-13(11(3)16)17-8-12/h4-8,11H,16H2,1-3H3/t11-/m1/s1. The van der Waals surface area contributed by atoms with Gasteiger partial charge in [-0.25, -0.2) is 0 Å². The van der Waals surface area contributed by atoms with Gasteiger partial charge in [0.15, 0.2) is 0 Å². The molecule has 1 atom stereocenters. The van der Waals surface area contributed by atoms with Crippen LogP contribution < -0.4 is 10.5 Å². The predicted molar refractivity (Wildman–Crippen MR) is 79.5 cm³/mol. The van der Waals surface area contributed by atoms with Crippen LogP contribution in [0.5, 0.6) is 11.5 Å². The molecule has 2 N–H and O–H groups in total. The maximum absolute atomic E-state index is 11.0. The van der Waals surface area contributed by atoms with Crippen LogP contribution in [0.2, 0.25) is 0 Å². The fraction of sp³-hybridized carbons (Fsp3) is 0.267. The molecule has 2 aromatic rings. The van der Waals surface area contributed by atoms with Gasteiger partial charge in [0.25, 0.3) is 5.69 Å². The molecular weight excluding hydrogens is 270 g/mol. The average Bonchev–Trinajstić information content (AvgIpc) is 2.42. The summed E-state index contributed by atoms with van der Waals surface area (Å²) in [5.41, 5.74) is 7.96. The van der Waals surface area contributed by atoms with Crippen molar-refractivity contribution in [3.63, 3.8) is 0 Å². The quantitative estimate of drug-likeness (QED) is 0.687. The second kappa shape index (κ2) is 5.88. The van der Waals surface area contributed by atoms with Crippen molar-refractivity contribution in [1.82, 2.24) is 4.98 Å². The molecule has 0 aliphatic carbocycles. The Bertz CT molecular complexity index is 667. The maximum atomic E-state index is 11.0. The number of nitro groups is 1. The van der Waals surface area contributed by atoms with Gasteiger partial charge in [0.05, 0.1) is 22.9 Å². The minimum Gasteiger partial charge on any atom is -0.455 e. The van der Waals surface area contributed by atoms with Crippen LogP contribution >= 0.6 is 0 Å². The van der Waals surface area contributed by atoms with E-state index >= 15 is 0 Å². The van der Waals surface area contributed by atoms with Gasteiger partial charge in [-0.05, 0) is 44.5 Å². The highest BCUT2D eigenvalue weighted by Gasteiger charge is 2.15. The van der Waals surface area contributed by atoms with Crippen molar-refractivity contribution in [3.05, 3.63) is 57.4 Å². The van der Waals surface area contributed by atoms with Crippen LogP contribution in [-0.2, 0) is 0 Å². The maximum Gasteiger partial charge on any atom is 0.276 e. The number of nitrogens with zero attached hydrogens (tertiary/aromatic N) is 2. The molecule has 110 valence electrons. The third-order valence-corrected chi connectivity index (χ3v) is 3.14. The van der Waals surface area contributed by atoms with Gasteiger partial charge in [-0.3, -0.25) is 15.1 Å². The van der Waals surface area contributed by atoms with Gasteiger partial charge in [0.1, 0.15) is 11.5 Å². The monoisotopic (exact) mass is 287 g/mol. The van der Waals surface area contributed by atoms with Crippen LogP contribution in [0.15, 0.2) is 30.5 Å². The number of pyridine rings is 1. The molecule has 0 aliphatic rings. The number of nitro benzene ring substituents is 1. The van der Waals surface area contributed by atoms with Gasteiger partial charge >= 0.3 is 0 Å². The lowest BCUT2D eigenvalue weighted by atomic mass is 10.1. The Balaban J connectivity index is 2.30. The zero-order valence-corrected chi connectivity index (χ0v) is 12.2. The molecule has 0 amide bonds. The molecule has 21 heavy (non-hydrogen) atoms. The lowest BCUT2D eigenvalue weighted by molar-refractivity contribution is -0.385. The van der Waals surface area contributed by atoms with Crippen molar-refractivity contribution in [2.45, 2.75) is 26.8 Å². The van der Waals surface area contributed by atoms with Crippen molar-refractivity contribution in [2.24, 2.45) is 5.73 Å². The summed E-state index contributed by atoms with van der Waals surface area (Å²) in [6.07, 6.45) is 1.56. The van der Waals surface area contributed by atoms with E-state index in [9.17, 15) is 10.1 Å². The highest BCUT2D eigenvalue weighted by Crippen LogP contribution is 2.31. The number of rotatable bonds is 4. The van der Waals surface area contributed by atoms with E-state index in [2.05, 4.69) is 4.98 Å². The number of hydrogen-bond acceptors (Lipinski definition) is 5. The third kappa shape index (κ3) is 3.35. The first kappa shape index (κ1) is 14.9. The smallest absolute Gasteiger partial charge is 0.276 e. The van der Waals surface area contributed by atoms with Gasteiger partial charge in [0, 0.05) is 11.6 Å². The molecule has 1 aromatic heterocycles. The summed E-state index contributed by atoms with van der Waals surface area (Å²) in [7, 11) is 0. The second-order valence-corrected chi connectivity index (χ2v) is 4.97. The lowest BCUT2D eigenvalue weighted by Gasteiger charge is -2.10. The third-order valence-electron chi connectivity index (χ3n) is 3.14. The number of aryl methyl sites for hydroxylation is 2. The van der Waals surface area contributed by atoms with E-state index in [-0.39, 0.29) is 11.7 Å². The fourth-order valence-electron chi connectivity index (χ4n) is 1.98. The van der Waals surface area contributed by atoms with E-state index in [1.807, 2.05) is 13.8 Å². The Labute approximate surface area is 122 Å². The molecule has 0 fully saturated rings. The first-order chi connectivity index (χ1) is 9.88. The average molecular weight is 287 g/mol. The highest BCUT2D eigenvalue weighted by molar-refractivity contribution is 5.50. The van der Waals surface area contributed by atoms with Crippen LogP contribution in [0.3, 0.4) is 0 Å². The fourth-order valence-corrected chi connectivity index (χ4v) is 1.98. The number of nitrogens with two attached hydrogens (primary N) is 1. The minimum absolute atomic E-state index is 0.0377. The normalized spacial score (nSPS) is 12.0. The van der Waals surface area contributed by atoms with Gasteiger partial charge in [0.2, 0.25) is 0 Å². The Morgan fingerprint density at radius 3 is 2.52 bits per heavy atom. The van der Waals surface area contributed by atoms with E-state index in [0.717, 1.165) is 11.3 Å². The first-order valence-corrected chi connectivity index (χ1v) is 6.53. The Morgan fingerprint density at radius 1 is 1.29 bits per heavy atom. The zero-order chi connectivity index (χ0) is 15.6. The molecule has 1 heterocycles. The van der Waals surface area contributed by atoms with Crippen molar-refractivity contribution < 1.29 is 9.66 Å². The number of hydrogen-bond donors (Lipinski definition) is 1. The Hall–Kier alpha value is -2.47. The van der Waals surface area contributed by atoms with E-state index in [0.29, 0.717) is 17.1 Å². The van der Waals surface area contributed by atoms with Gasteiger partial charge in [-0.1, -0.05) is 0 Å². The molecule has 0 unspecified atom stereocenters. The van der Waals surface area contributed by atoms with E-state index in [4.69, 9.17) is 10.5 Å². The number of benzene rings is 1. The SMILES string of the molecule is Cc1cc(C)c([N+](=O)[O-])cc1Oc1ccc([C@@H](C)N)nc1. The lowest BCUT2D eigenvalue weighted by Crippen LogP contribution is -2.06. The number of ether oxygens (including phenoxy) is 1. The van der Waals surface area contributed by atoms with Gasteiger partial charge in [-0.15, -0.1) is 0 Å². The molecule has 0 aliphatic heterocycles. The summed E-state index contributed by atoms with van der Waals surface area (Å²) < 4.78 is 5.68. The summed E-state index contributed by atoms with van der Waals surface area (Å²) in [4.78, 5) is 14.8. The highest BCUT2D eigenvalue weighted by atomic mass is 16.6. The Kier molecular flexibility index (Phi) is 4.18. The van der Waals surface area contributed by atoms with Crippen molar-refractivity contribution >= 4 is 5.69 Å². The molecule has 2 rings (SSSR count). The molecule has 6 heteroatoms. The second-order valence-electron chi connectivity index (χ2n) is 4.97. The summed E-state index contributed by atoms with van der Waals surface area (Å²) in [5.74, 6) is 0.961. The molecule has 0 saturated heterocycles. The van der Waals surface area contributed by atoms with E-state index in [1.165, 1.54) is 6.07 Å². The molecular formula is C15H17N3O3. The largest absolute Gasteiger partial charge is 0.455 e. The van der Waals surface area contributed by atoms with Gasteiger partial charge in [-0.2, -0.15) is 0 Å². The zero-order valence-electron chi connectivity index (χ0n) is 12.2. The summed E-state index contributed by atoms with van der Waals surface area (Å²) in [6.45, 7) is 5.39. The van der Waals surface area contributed by atoms with Gasteiger partial charge < -0.3 is 10.5 Å². The van der Waals surface area contributed by atoms with Crippen LogP contribution in [-0.4, -0.2) is 9.91 Å². The van der Waals surface area contributed by atoms with E-state index in [1.54, 1.807) is 31.3 Å². The predicted octanol–water partition coefficient (Wildman–Crippen LogP) is 3.42. The van der Waals surface area contributed by atoms with Crippen molar-refractivity contribution in [3.8, 4) is 11.5 Å². The summed E-state index contributed by atoms with van der Waals surface area (Å²) in [6, 6.07) is 6.54. The molecule has 0 spiro atoms. The summed E-state index contributed by atoms with van der Waals surface area (Å²) in [5, 5.41) is 11.0. The molecule has 1 aromatic carbocycles. The van der Waals surface area contributed by atoms with Crippen molar-refractivity contribution in [1.29, 1.82) is 0 Å². The summed E-state index contributed by atoms with van der Waals surface area (Å²) >= 11 is 0. The molecule has 0 radical (unpaired) electrons. The molecule has 0 bridgehead atoms. The first-order valence-electron chi connectivity index (χ1n) is 6.53. The minimum atomic E-state index is -0.418. The topological polar surface area (TPSA) is 91.3 Å². The van der Waals surface area contributed by atoms with Crippen LogP contribution in [0.1, 0.15) is 29.8 Å². The Morgan fingerprint density at radius 2 is 2.00 bits per heavy atom. The van der Waals surface area contributed by atoms with E-state index < -0.39 is 4.92 Å². The van der Waals surface area contributed by atoms with Crippen molar-refractivity contribution in [2.75, 3.05) is 0 Å². The van der Waals surface area contributed by atoms with Crippen LogP contribution in [0, 0.1) is 24.0 Å².